The minimum atomic E-state index is -2.25. The van der Waals surface area contributed by atoms with Gasteiger partial charge in [-0.3, -0.25) is 0 Å². The highest BCUT2D eigenvalue weighted by Gasteiger charge is 2.55. The van der Waals surface area contributed by atoms with Gasteiger partial charge in [0.15, 0.2) is 27.2 Å². The predicted octanol–water partition coefficient (Wildman–Crippen LogP) is 7.97. The van der Waals surface area contributed by atoms with Crippen LogP contribution in [0.5, 0.6) is 0 Å². The monoisotopic (exact) mass is 832 g/mol. The Hall–Kier alpha value is -1.75. The average Bonchev–Trinajstić information content (AvgIpc) is 3.13. The zero-order valence-corrected chi connectivity index (χ0v) is 33.8. The summed E-state index contributed by atoms with van der Waals surface area (Å²) in [6, 6.07) is 30.2. The number of ether oxygens (including phenoxy) is 8. The molecule has 0 aliphatic carbocycles. The van der Waals surface area contributed by atoms with Crippen LogP contribution in [0.25, 0.3) is 0 Å². The Morgan fingerprint density at radius 3 is 1.86 bits per heavy atom. The number of hydrogen-bond acceptors (Lipinski definition) is 9. The van der Waals surface area contributed by atoms with E-state index in [2.05, 4.69) is 68.6 Å². The minimum Gasteiger partial charge on any atom is -0.410 e. The maximum atomic E-state index is 7.22. The van der Waals surface area contributed by atoms with Crippen molar-refractivity contribution in [2.45, 2.75) is 125 Å². The Kier molecular flexibility index (Phi) is 13.1. The van der Waals surface area contributed by atoms with Gasteiger partial charge in [0.25, 0.3) is 0 Å². The van der Waals surface area contributed by atoms with Crippen molar-refractivity contribution in [2.75, 3.05) is 13.7 Å². The van der Waals surface area contributed by atoms with E-state index in [9.17, 15) is 0 Å². The van der Waals surface area contributed by atoms with Crippen LogP contribution in [-0.4, -0.2) is 81.3 Å². The molecule has 9 nitrogen and oxygen atoms in total. The van der Waals surface area contributed by atoms with Crippen molar-refractivity contribution in [2.24, 2.45) is 0 Å². The van der Waals surface area contributed by atoms with Gasteiger partial charge in [-0.05, 0) is 36.2 Å². The van der Waals surface area contributed by atoms with Gasteiger partial charge in [0.1, 0.15) is 30.5 Å². The lowest BCUT2D eigenvalue weighted by Crippen LogP contribution is -2.66. The molecule has 3 saturated heterocycles. The molecule has 3 heterocycles. The molecule has 0 bridgehead atoms. The summed E-state index contributed by atoms with van der Waals surface area (Å²) in [5.41, 5.74) is 3.04. The van der Waals surface area contributed by atoms with Crippen molar-refractivity contribution >= 4 is 30.9 Å². The molecule has 0 spiro atoms. The van der Waals surface area contributed by atoms with E-state index < -0.39 is 51.6 Å². The van der Waals surface area contributed by atoms with Crippen LogP contribution in [0.4, 0.5) is 0 Å². The molecule has 3 aliphatic heterocycles. The SMILES string of the molecule is CO[C@H]1O[C@@H]2COC(c3ccccc3)O[C@H]2[C@H](O[C@H]2O[C@H](C)[C@@H](OCc3ccccc3)[C@H](O[Si](C)(C)C(C)(C)C)[C@@H]2I)[C@H]1OCc1ccccc1. The Morgan fingerprint density at radius 2 is 1.29 bits per heavy atom. The number of fused-ring (bicyclic) bond motifs is 1. The van der Waals surface area contributed by atoms with Gasteiger partial charge in [0.2, 0.25) is 0 Å². The Balaban J connectivity index is 1.30. The maximum Gasteiger partial charge on any atom is 0.192 e. The summed E-state index contributed by atoms with van der Waals surface area (Å²) in [4.78, 5) is 0. The minimum absolute atomic E-state index is 0.0103. The van der Waals surface area contributed by atoms with E-state index in [1.807, 2.05) is 85.8 Å². The topological polar surface area (TPSA) is 83.1 Å². The first-order chi connectivity index (χ1) is 24.4. The second kappa shape index (κ2) is 17.1. The van der Waals surface area contributed by atoms with E-state index in [1.165, 1.54) is 0 Å². The molecule has 0 aromatic heterocycles. The maximum absolute atomic E-state index is 7.22. The number of benzene rings is 3. The molecule has 3 fully saturated rings. The van der Waals surface area contributed by atoms with Crippen LogP contribution < -0.4 is 0 Å². The Morgan fingerprint density at radius 1 is 0.725 bits per heavy atom. The van der Waals surface area contributed by atoms with Gasteiger partial charge in [-0.15, -0.1) is 0 Å². The fourth-order valence-corrected chi connectivity index (χ4v) is 8.98. The standard InChI is InChI=1S/C40H53IO9Si/c1-26-32(43-23-27-17-11-8-12-18-27)34(50-51(6,7)40(2,3)4)31(41)38(46-26)49-35-33-30(25-45-37(48-33)29-21-15-10-16-22-29)47-39(42-5)36(35)44-24-28-19-13-9-14-20-28/h8-22,26,30-39H,23-25H2,1-7H3/t26-,30-,31+,32-,33-,34-,35+,36-,37?,38-,39+/m1/s1. The highest BCUT2D eigenvalue weighted by Crippen LogP contribution is 2.43. The molecule has 0 amide bonds. The molecular formula is C40H53IO9Si. The summed E-state index contributed by atoms with van der Waals surface area (Å²) in [7, 11) is -0.631. The van der Waals surface area contributed by atoms with Crippen LogP contribution in [0.3, 0.4) is 0 Å². The summed E-state index contributed by atoms with van der Waals surface area (Å²) in [5.74, 6) is 0. The molecular weight excluding hydrogens is 779 g/mol. The molecule has 11 atom stereocenters. The van der Waals surface area contributed by atoms with E-state index in [-0.39, 0.29) is 27.3 Å². The van der Waals surface area contributed by atoms with Crippen LogP contribution in [0.1, 0.15) is 50.7 Å². The molecule has 278 valence electrons. The van der Waals surface area contributed by atoms with Gasteiger partial charge in [-0.2, -0.15) is 0 Å². The van der Waals surface area contributed by atoms with Crippen LogP contribution in [0.2, 0.25) is 18.1 Å². The van der Waals surface area contributed by atoms with Crippen molar-refractivity contribution in [3.8, 4) is 0 Å². The molecule has 11 heteroatoms. The van der Waals surface area contributed by atoms with Gasteiger partial charge < -0.3 is 42.3 Å². The summed E-state index contributed by atoms with van der Waals surface area (Å²) in [6.07, 6.45) is -5.19. The number of rotatable bonds is 12. The van der Waals surface area contributed by atoms with Gasteiger partial charge in [0, 0.05) is 12.7 Å². The van der Waals surface area contributed by atoms with Crippen LogP contribution in [0.15, 0.2) is 91.0 Å². The van der Waals surface area contributed by atoms with Crippen molar-refractivity contribution in [3.63, 3.8) is 0 Å². The molecule has 6 rings (SSSR count). The number of hydrogen-bond donors (Lipinski definition) is 0. The first-order valence-corrected chi connectivity index (χ1v) is 22.0. The van der Waals surface area contributed by atoms with Gasteiger partial charge in [0.05, 0.1) is 36.0 Å². The largest absolute Gasteiger partial charge is 0.410 e. The van der Waals surface area contributed by atoms with Crippen molar-refractivity contribution in [3.05, 3.63) is 108 Å². The third kappa shape index (κ3) is 9.32. The number of methoxy groups -OCH3 is 1. The fourth-order valence-electron chi connectivity index (χ4n) is 6.49. The summed E-state index contributed by atoms with van der Waals surface area (Å²) < 4.78 is 59.4. The van der Waals surface area contributed by atoms with E-state index in [4.69, 9.17) is 42.3 Å². The van der Waals surface area contributed by atoms with Crippen molar-refractivity contribution < 1.29 is 42.3 Å². The number of halogens is 1. The zero-order valence-electron chi connectivity index (χ0n) is 30.7. The van der Waals surface area contributed by atoms with E-state index >= 15 is 0 Å². The summed E-state index contributed by atoms with van der Waals surface area (Å²) in [5, 5.41) is -0.0103. The molecule has 0 N–H and O–H groups in total. The quantitative estimate of drug-likeness (QED) is 0.103. The molecule has 3 aromatic rings. The molecule has 3 aromatic carbocycles. The van der Waals surface area contributed by atoms with E-state index in [0.29, 0.717) is 19.8 Å². The molecule has 1 unspecified atom stereocenters. The fraction of sp³-hybridized carbons (Fsp3) is 0.550. The molecule has 51 heavy (non-hydrogen) atoms. The van der Waals surface area contributed by atoms with E-state index in [0.717, 1.165) is 16.7 Å². The zero-order chi connectivity index (χ0) is 36.2. The van der Waals surface area contributed by atoms with Crippen LogP contribution in [0, 0.1) is 0 Å². The Labute approximate surface area is 317 Å². The molecule has 0 radical (unpaired) electrons. The first kappa shape index (κ1) is 39.0. The highest BCUT2D eigenvalue weighted by atomic mass is 127. The highest BCUT2D eigenvalue weighted by molar-refractivity contribution is 14.1. The third-order valence-corrected chi connectivity index (χ3v) is 16.2. The normalized spacial score (nSPS) is 33.1. The average molecular weight is 833 g/mol. The van der Waals surface area contributed by atoms with Crippen molar-refractivity contribution in [1.29, 1.82) is 0 Å². The van der Waals surface area contributed by atoms with Gasteiger partial charge >= 0.3 is 0 Å². The lowest BCUT2D eigenvalue weighted by Gasteiger charge is -2.52. The number of alkyl halides is 1. The predicted molar refractivity (Wildman–Crippen MR) is 205 cm³/mol. The van der Waals surface area contributed by atoms with E-state index in [1.54, 1.807) is 7.11 Å². The third-order valence-electron chi connectivity index (χ3n) is 10.4. The first-order valence-electron chi connectivity index (χ1n) is 17.9. The summed E-state index contributed by atoms with van der Waals surface area (Å²) >= 11 is 2.44. The second-order valence-corrected chi connectivity index (χ2v) is 21.3. The molecule has 0 saturated carbocycles. The molecule has 3 aliphatic rings. The Bertz CT molecular complexity index is 1490. The van der Waals surface area contributed by atoms with Gasteiger partial charge in [-0.25, -0.2) is 0 Å². The smallest absolute Gasteiger partial charge is 0.192 e. The summed E-state index contributed by atoms with van der Waals surface area (Å²) in [6.45, 7) is 14.5. The van der Waals surface area contributed by atoms with Crippen LogP contribution >= 0.6 is 22.6 Å². The van der Waals surface area contributed by atoms with Crippen molar-refractivity contribution in [1.82, 2.24) is 0 Å². The van der Waals surface area contributed by atoms with Gasteiger partial charge in [-0.1, -0.05) is 134 Å². The van der Waals surface area contributed by atoms with Crippen LogP contribution in [-0.2, 0) is 55.5 Å². The second-order valence-electron chi connectivity index (χ2n) is 15.1. The lowest BCUT2D eigenvalue weighted by atomic mass is 9.96. The lowest BCUT2D eigenvalue weighted by molar-refractivity contribution is -0.385.